The molecule has 0 bridgehead atoms. The van der Waals surface area contributed by atoms with Crippen LogP contribution in [0.4, 0.5) is 5.82 Å². The third-order valence-corrected chi connectivity index (χ3v) is 6.71. The van der Waals surface area contributed by atoms with Crippen LogP contribution in [-0.4, -0.2) is 37.6 Å². The van der Waals surface area contributed by atoms with Gasteiger partial charge in [0, 0.05) is 42.0 Å². The molecular weight excluding hydrogens is 442 g/mol. The van der Waals surface area contributed by atoms with E-state index in [1.807, 2.05) is 33.8 Å². The average Bonchev–Trinajstić information content (AvgIpc) is 3.43. The summed E-state index contributed by atoms with van der Waals surface area (Å²) >= 11 is 1.28. The number of ketones is 2. The Kier molecular flexibility index (Phi) is 6.20. The Morgan fingerprint density at radius 2 is 1.97 bits per heavy atom. The molecule has 0 aliphatic carbocycles. The van der Waals surface area contributed by atoms with E-state index in [0.717, 1.165) is 5.69 Å². The number of carbonyl (C=O) groups excluding carboxylic acids is 3. The number of rotatable bonds is 7. The summed E-state index contributed by atoms with van der Waals surface area (Å²) in [5.41, 5.74) is 1.65. The molecule has 172 valence electrons. The number of fused-ring (bicyclic) bond motifs is 1. The molecule has 1 aliphatic rings. The van der Waals surface area contributed by atoms with Gasteiger partial charge in [-0.3, -0.25) is 14.4 Å². The Hall–Kier alpha value is -3.27. The Morgan fingerprint density at radius 3 is 2.70 bits per heavy atom. The molecule has 33 heavy (non-hydrogen) atoms. The predicted octanol–water partition coefficient (Wildman–Crippen LogP) is 3.91. The van der Waals surface area contributed by atoms with Crippen LogP contribution in [-0.2, 0) is 23.1 Å². The lowest BCUT2D eigenvalue weighted by atomic mass is 9.92. The summed E-state index contributed by atoms with van der Waals surface area (Å²) in [6, 6.07) is 1.81. The van der Waals surface area contributed by atoms with Gasteiger partial charge in [0.2, 0.25) is 5.91 Å². The number of nitrogens with one attached hydrogen (secondary N) is 1. The van der Waals surface area contributed by atoms with Crippen LogP contribution in [0.2, 0.25) is 0 Å². The maximum Gasteiger partial charge on any atom is 0.225 e. The molecule has 3 aromatic rings. The van der Waals surface area contributed by atoms with Gasteiger partial charge < -0.3 is 9.84 Å². The second kappa shape index (κ2) is 8.93. The molecule has 10 heteroatoms. The third-order valence-electron chi connectivity index (χ3n) is 5.44. The molecule has 0 saturated heterocycles. The second-order valence-corrected chi connectivity index (χ2v) is 10.3. The maximum absolute atomic E-state index is 12.9. The van der Waals surface area contributed by atoms with E-state index < -0.39 is 0 Å². The van der Waals surface area contributed by atoms with Crippen molar-refractivity contribution in [1.29, 1.82) is 0 Å². The van der Waals surface area contributed by atoms with E-state index in [4.69, 9.17) is 4.52 Å². The zero-order valence-corrected chi connectivity index (χ0v) is 19.8. The first-order chi connectivity index (χ1) is 15.6. The fraction of sp³-hybridized carbons (Fsp3) is 0.435. The number of Topliss-reactive ketones (excluding diaryl/α,β-unsaturated/α-hetero) is 2. The van der Waals surface area contributed by atoms with Gasteiger partial charge in [-0.2, -0.15) is 0 Å². The Balaban J connectivity index is 1.42. The number of nitrogens with zero attached hydrogens (tertiary/aromatic N) is 4. The molecule has 1 atom stereocenters. The normalized spacial score (nSPS) is 14.5. The highest BCUT2D eigenvalue weighted by Gasteiger charge is 2.26. The summed E-state index contributed by atoms with van der Waals surface area (Å²) in [7, 11) is 0. The van der Waals surface area contributed by atoms with Crippen molar-refractivity contribution in [2.24, 2.45) is 0 Å². The minimum atomic E-state index is -0.189. The molecular formula is C23H25N5O4S. The van der Waals surface area contributed by atoms with Gasteiger partial charge >= 0.3 is 0 Å². The largest absolute Gasteiger partial charge is 0.361 e. The quantitative estimate of drug-likeness (QED) is 0.518. The van der Waals surface area contributed by atoms with E-state index in [0.29, 0.717) is 45.6 Å². The Morgan fingerprint density at radius 1 is 1.18 bits per heavy atom. The minimum Gasteiger partial charge on any atom is -0.361 e. The van der Waals surface area contributed by atoms with Crippen molar-refractivity contribution < 1.29 is 18.9 Å². The Bertz CT molecular complexity index is 1220. The molecule has 0 saturated carbocycles. The first-order valence-electron chi connectivity index (χ1n) is 10.7. The minimum absolute atomic E-state index is 0.102. The van der Waals surface area contributed by atoms with E-state index in [2.05, 4.69) is 25.4 Å². The summed E-state index contributed by atoms with van der Waals surface area (Å²) in [6.45, 7) is 7.98. The smallest absolute Gasteiger partial charge is 0.225 e. The maximum atomic E-state index is 12.9. The van der Waals surface area contributed by atoms with Crippen molar-refractivity contribution >= 4 is 34.6 Å². The van der Waals surface area contributed by atoms with E-state index in [1.165, 1.54) is 17.7 Å². The van der Waals surface area contributed by atoms with E-state index >= 15 is 0 Å². The van der Waals surface area contributed by atoms with Crippen LogP contribution in [0, 0.1) is 0 Å². The molecule has 1 N–H and O–H groups in total. The van der Waals surface area contributed by atoms with Crippen molar-refractivity contribution in [3.05, 3.63) is 51.2 Å². The molecule has 0 aromatic carbocycles. The highest BCUT2D eigenvalue weighted by molar-refractivity contribution is 7.13. The zero-order valence-electron chi connectivity index (χ0n) is 19.0. The van der Waals surface area contributed by atoms with Gasteiger partial charge in [-0.15, -0.1) is 11.3 Å². The van der Waals surface area contributed by atoms with Crippen LogP contribution < -0.4 is 5.32 Å². The molecule has 0 radical (unpaired) electrons. The highest BCUT2D eigenvalue weighted by Crippen LogP contribution is 2.29. The number of carbonyl (C=O) groups is 3. The molecule has 9 nitrogen and oxygen atoms in total. The van der Waals surface area contributed by atoms with Crippen LogP contribution in [0.25, 0.3) is 0 Å². The molecule has 1 amide bonds. The number of thiazole rings is 1. The van der Waals surface area contributed by atoms with Crippen molar-refractivity contribution in [2.75, 3.05) is 5.32 Å². The van der Waals surface area contributed by atoms with Gasteiger partial charge in [0.15, 0.2) is 11.6 Å². The Labute approximate surface area is 195 Å². The number of hydrogen-bond donors (Lipinski definition) is 1. The molecule has 0 fully saturated rings. The topological polar surface area (TPSA) is 128 Å². The van der Waals surface area contributed by atoms with E-state index in [-0.39, 0.29) is 41.6 Å². The highest BCUT2D eigenvalue weighted by atomic mass is 32.1. The SMILES string of the molecule is C[C@@H](CC(=O)c1ncnc2c1CCC(=O)N2)c1ncc(C(=O)Cc2cc(C(C)(C)C)no2)s1. The molecule has 4 rings (SSSR count). The summed E-state index contributed by atoms with van der Waals surface area (Å²) < 4.78 is 5.32. The van der Waals surface area contributed by atoms with Crippen LogP contribution in [0.1, 0.15) is 88.6 Å². The fourth-order valence-corrected chi connectivity index (χ4v) is 4.44. The summed E-state index contributed by atoms with van der Waals surface area (Å²) in [6.07, 6.45) is 3.87. The first-order valence-corrected chi connectivity index (χ1v) is 11.6. The number of amides is 1. The number of hydrogen-bond acceptors (Lipinski definition) is 9. The summed E-state index contributed by atoms with van der Waals surface area (Å²) in [5, 5.41) is 7.44. The lowest BCUT2D eigenvalue weighted by molar-refractivity contribution is -0.116. The molecule has 3 aromatic heterocycles. The van der Waals surface area contributed by atoms with Crippen molar-refractivity contribution in [3.8, 4) is 0 Å². The van der Waals surface area contributed by atoms with Gasteiger partial charge in [-0.05, 0) is 6.42 Å². The van der Waals surface area contributed by atoms with Gasteiger partial charge in [-0.25, -0.2) is 15.0 Å². The number of anilines is 1. The van der Waals surface area contributed by atoms with E-state index in [1.54, 1.807) is 6.20 Å². The lowest BCUT2D eigenvalue weighted by Crippen LogP contribution is -2.23. The van der Waals surface area contributed by atoms with Gasteiger partial charge in [0.25, 0.3) is 0 Å². The molecule has 0 unspecified atom stereocenters. The van der Waals surface area contributed by atoms with Crippen molar-refractivity contribution in [2.45, 2.75) is 64.7 Å². The zero-order chi connectivity index (χ0) is 23.8. The summed E-state index contributed by atoms with van der Waals surface area (Å²) in [4.78, 5) is 50.3. The average molecular weight is 468 g/mol. The van der Waals surface area contributed by atoms with Crippen molar-refractivity contribution in [1.82, 2.24) is 20.1 Å². The van der Waals surface area contributed by atoms with Crippen LogP contribution in [0.3, 0.4) is 0 Å². The monoisotopic (exact) mass is 467 g/mol. The van der Waals surface area contributed by atoms with Gasteiger partial charge in [0.1, 0.15) is 23.6 Å². The second-order valence-electron chi connectivity index (χ2n) is 9.22. The van der Waals surface area contributed by atoms with E-state index in [9.17, 15) is 14.4 Å². The number of aromatic nitrogens is 4. The van der Waals surface area contributed by atoms with Crippen molar-refractivity contribution in [3.63, 3.8) is 0 Å². The third kappa shape index (κ3) is 5.05. The fourth-order valence-electron chi connectivity index (χ4n) is 3.53. The van der Waals surface area contributed by atoms with Crippen LogP contribution >= 0.6 is 11.3 Å². The standard InChI is InChI=1S/C23H25N5O4S/c1-12(7-16(30)20-14-5-6-19(31)27-21(14)26-11-25-20)22-24-10-17(33-22)15(29)8-13-9-18(28-32-13)23(2,3)4/h9-12H,5-8H2,1-4H3,(H,25,26,27,31)/t12-/m0/s1. The lowest BCUT2D eigenvalue weighted by Gasteiger charge is -2.17. The van der Waals surface area contributed by atoms with Crippen LogP contribution in [0.5, 0.6) is 0 Å². The van der Waals surface area contributed by atoms with Gasteiger partial charge in [-0.1, -0.05) is 32.9 Å². The van der Waals surface area contributed by atoms with Crippen LogP contribution in [0.15, 0.2) is 23.1 Å². The molecule has 4 heterocycles. The molecule has 1 aliphatic heterocycles. The first kappa shape index (κ1) is 22.9. The molecule has 0 spiro atoms. The van der Waals surface area contributed by atoms with Gasteiger partial charge in [0.05, 0.1) is 22.0 Å². The summed E-state index contributed by atoms with van der Waals surface area (Å²) in [5.74, 6) is 0.370. The predicted molar refractivity (Wildman–Crippen MR) is 122 cm³/mol.